The fourth-order valence-corrected chi connectivity index (χ4v) is 4.28. The highest BCUT2D eigenvalue weighted by Gasteiger charge is 2.13. The number of benzene rings is 2. The van der Waals surface area contributed by atoms with E-state index in [1.54, 1.807) is 31.2 Å². The topological polar surface area (TPSA) is 91.2 Å². The van der Waals surface area contributed by atoms with Crippen LogP contribution in [0.4, 0.5) is 0 Å². The summed E-state index contributed by atoms with van der Waals surface area (Å²) in [7, 11) is 3.20. The van der Waals surface area contributed by atoms with Gasteiger partial charge in [0, 0.05) is 11.6 Å². The fourth-order valence-electron chi connectivity index (χ4n) is 3.30. The molecule has 2 aromatic heterocycles. The van der Waals surface area contributed by atoms with Gasteiger partial charge in [0.15, 0.2) is 17.1 Å². The highest BCUT2D eigenvalue weighted by atomic mass is 35.5. The third-order valence-corrected chi connectivity index (χ3v) is 6.15. The van der Waals surface area contributed by atoms with Crippen molar-refractivity contribution < 1.29 is 14.3 Å². The third kappa shape index (κ3) is 5.37. The number of nitrogens with one attached hydrogen (secondary N) is 1. The van der Waals surface area contributed by atoms with Gasteiger partial charge in [-0.25, -0.2) is 14.6 Å². The molecule has 1 amide bonds. The maximum atomic E-state index is 12.4. The molecule has 0 bridgehead atoms. The summed E-state index contributed by atoms with van der Waals surface area (Å²) in [5.41, 5.74) is 2.51. The molecule has 8 nitrogen and oxygen atoms in total. The molecule has 0 saturated carbocycles. The second-order valence-corrected chi connectivity index (χ2v) is 8.43. The average Bonchev–Trinajstić information content (AvgIpc) is 3.27. The lowest BCUT2D eigenvalue weighted by Gasteiger charge is -2.10. The van der Waals surface area contributed by atoms with Crippen LogP contribution in [-0.4, -0.2) is 52.2 Å². The molecule has 33 heavy (non-hydrogen) atoms. The number of carbonyl (C=O) groups is 1. The Morgan fingerprint density at radius 2 is 1.97 bits per heavy atom. The first kappa shape index (κ1) is 22.9. The average molecular weight is 484 g/mol. The maximum absolute atomic E-state index is 12.4. The van der Waals surface area contributed by atoms with E-state index in [2.05, 4.69) is 20.4 Å². The Bertz CT molecular complexity index is 1280. The van der Waals surface area contributed by atoms with E-state index < -0.39 is 0 Å². The first-order valence-electron chi connectivity index (χ1n) is 10.1. The van der Waals surface area contributed by atoms with Crippen molar-refractivity contribution in [2.75, 3.05) is 26.5 Å². The Balaban J connectivity index is 1.35. The van der Waals surface area contributed by atoms with Crippen molar-refractivity contribution in [3.63, 3.8) is 0 Å². The number of hydrogen-bond donors (Lipinski definition) is 1. The van der Waals surface area contributed by atoms with Gasteiger partial charge in [-0.15, -0.1) is 0 Å². The Labute approximate surface area is 200 Å². The van der Waals surface area contributed by atoms with E-state index >= 15 is 0 Å². The molecule has 2 heterocycles. The molecule has 0 unspecified atom stereocenters. The number of aromatic nitrogens is 4. The molecule has 170 valence electrons. The maximum Gasteiger partial charge on any atom is 0.230 e. The number of ether oxygens (including phenoxy) is 2. The van der Waals surface area contributed by atoms with Crippen molar-refractivity contribution in [3.8, 4) is 17.2 Å². The van der Waals surface area contributed by atoms with E-state index in [0.717, 1.165) is 16.6 Å². The van der Waals surface area contributed by atoms with Gasteiger partial charge in [-0.1, -0.05) is 35.5 Å². The molecule has 0 fully saturated rings. The lowest BCUT2D eigenvalue weighted by molar-refractivity contribution is -0.118. The van der Waals surface area contributed by atoms with Crippen molar-refractivity contribution >= 4 is 40.3 Å². The molecule has 10 heteroatoms. The predicted octanol–water partition coefficient (Wildman–Crippen LogP) is 3.94. The summed E-state index contributed by atoms with van der Waals surface area (Å²) in [6, 6.07) is 13.1. The number of hydrogen-bond acceptors (Lipinski definition) is 7. The molecule has 0 spiro atoms. The number of nitrogens with zero attached hydrogens (tertiary/aromatic N) is 4. The van der Waals surface area contributed by atoms with Crippen molar-refractivity contribution in [2.24, 2.45) is 0 Å². The van der Waals surface area contributed by atoms with E-state index in [0.29, 0.717) is 40.2 Å². The second-order valence-electron chi connectivity index (χ2n) is 7.03. The molecule has 0 radical (unpaired) electrons. The minimum Gasteiger partial charge on any atom is -0.493 e. The van der Waals surface area contributed by atoms with Crippen LogP contribution in [0.15, 0.2) is 60.0 Å². The fraction of sp³-hybridized carbons (Fsp3) is 0.217. The van der Waals surface area contributed by atoms with Crippen LogP contribution in [-0.2, 0) is 11.2 Å². The monoisotopic (exact) mass is 483 g/mol. The highest BCUT2D eigenvalue weighted by molar-refractivity contribution is 8.00. The molecule has 0 aliphatic carbocycles. The summed E-state index contributed by atoms with van der Waals surface area (Å²) in [4.78, 5) is 21.1. The van der Waals surface area contributed by atoms with Crippen LogP contribution in [0.3, 0.4) is 0 Å². The molecule has 4 aromatic rings. The SMILES string of the molecule is COc1ccc(CCNC(=O)CSc2ncnc3c2cnn3-c2cccc(Cl)c2)cc1OC. The molecule has 1 N–H and O–H groups in total. The number of amides is 1. The van der Waals surface area contributed by atoms with E-state index in [1.165, 1.54) is 18.1 Å². The van der Waals surface area contributed by atoms with Gasteiger partial charge in [0.25, 0.3) is 0 Å². The quantitative estimate of drug-likeness (QED) is 0.285. The zero-order chi connectivity index (χ0) is 23.2. The van der Waals surface area contributed by atoms with Gasteiger partial charge in [-0.2, -0.15) is 5.10 Å². The first-order chi connectivity index (χ1) is 16.1. The Hall–Kier alpha value is -3.30. The van der Waals surface area contributed by atoms with E-state index in [-0.39, 0.29) is 11.7 Å². The summed E-state index contributed by atoms with van der Waals surface area (Å²) < 4.78 is 12.3. The van der Waals surface area contributed by atoms with Crippen molar-refractivity contribution in [2.45, 2.75) is 11.4 Å². The van der Waals surface area contributed by atoms with Gasteiger partial charge in [0.05, 0.1) is 37.2 Å². The lowest BCUT2D eigenvalue weighted by Crippen LogP contribution is -2.27. The summed E-state index contributed by atoms with van der Waals surface area (Å²) in [5.74, 6) is 1.51. The number of thioether (sulfide) groups is 1. The van der Waals surface area contributed by atoms with Crippen LogP contribution in [0, 0.1) is 0 Å². The van der Waals surface area contributed by atoms with E-state index in [1.807, 2.05) is 36.4 Å². The highest BCUT2D eigenvalue weighted by Crippen LogP contribution is 2.28. The smallest absolute Gasteiger partial charge is 0.230 e. The molecular formula is C23H22ClN5O3S. The summed E-state index contributed by atoms with van der Waals surface area (Å²) in [5, 5.41) is 9.46. The van der Waals surface area contributed by atoms with E-state index in [4.69, 9.17) is 21.1 Å². The van der Waals surface area contributed by atoms with Crippen LogP contribution < -0.4 is 14.8 Å². The number of carbonyl (C=O) groups excluding carboxylic acids is 1. The Kier molecular flexibility index (Phi) is 7.31. The number of methoxy groups -OCH3 is 2. The third-order valence-electron chi connectivity index (χ3n) is 4.91. The normalized spacial score (nSPS) is 10.9. The van der Waals surface area contributed by atoms with Crippen molar-refractivity contribution in [3.05, 3.63) is 65.6 Å². The van der Waals surface area contributed by atoms with Gasteiger partial charge < -0.3 is 14.8 Å². The molecular weight excluding hydrogens is 462 g/mol. The largest absolute Gasteiger partial charge is 0.493 e. The number of fused-ring (bicyclic) bond motifs is 1. The van der Waals surface area contributed by atoms with Crippen molar-refractivity contribution in [1.29, 1.82) is 0 Å². The van der Waals surface area contributed by atoms with E-state index in [9.17, 15) is 4.79 Å². The van der Waals surface area contributed by atoms with Gasteiger partial charge >= 0.3 is 0 Å². The molecule has 2 aromatic carbocycles. The zero-order valence-electron chi connectivity index (χ0n) is 18.1. The summed E-state index contributed by atoms with van der Waals surface area (Å²) >= 11 is 7.45. The Morgan fingerprint density at radius 3 is 2.76 bits per heavy atom. The lowest BCUT2D eigenvalue weighted by atomic mass is 10.1. The molecule has 4 rings (SSSR count). The van der Waals surface area contributed by atoms with Crippen LogP contribution in [0.5, 0.6) is 11.5 Å². The number of halogens is 1. The summed E-state index contributed by atoms with van der Waals surface area (Å²) in [6.07, 6.45) is 3.86. The number of rotatable bonds is 9. The van der Waals surface area contributed by atoms with Gasteiger partial charge in [-0.05, 0) is 42.3 Å². The zero-order valence-corrected chi connectivity index (χ0v) is 19.7. The predicted molar refractivity (Wildman–Crippen MR) is 129 cm³/mol. The van der Waals surface area contributed by atoms with Crippen LogP contribution >= 0.6 is 23.4 Å². The standard InChI is InChI=1S/C23H22ClN5O3S/c1-31-19-7-6-15(10-20(19)32-2)8-9-25-21(30)13-33-23-18-12-28-29(22(18)26-14-27-23)17-5-3-4-16(24)11-17/h3-7,10-12,14H,8-9,13H2,1-2H3,(H,25,30). The van der Waals surface area contributed by atoms with Crippen LogP contribution in [0.1, 0.15) is 5.56 Å². The van der Waals surface area contributed by atoms with Crippen LogP contribution in [0.25, 0.3) is 16.7 Å². The van der Waals surface area contributed by atoms with Gasteiger partial charge in [0.2, 0.25) is 5.91 Å². The van der Waals surface area contributed by atoms with Crippen LogP contribution in [0.2, 0.25) is 5.02 Å². The second kappa shape index (κ2) is 10.5. The van der Waals surface area contributed by atoms with Gasteiger partial charge in [0.1, 0.15) is 11.4 Å². The van der Waals surface area contributed by atoms with Gasteiger partial charge in [-0.3, -0.25) is 4.79 Å². The minimum atomic E-state index is -0.0746. The molecule has 0 saturated heterocycles. The molecule has 0 atom stereocenters. The minimum absolute atomic E-state index is 0.0746. The Morgan fingerprint density at radius 1 is 1.12 bits per heavy atom. The summed E-state index contributed by atoms with van der Waals surface area (Å²) in [6.45, 7) is 0.515. The van der Waals surface area contributed by atoms with Crippen molar-refractivity contribution in [1.82, 2.24) is 25.1 Å². The molecule has 0 aliphatic rings. The molecule has 0 aliphatic heterocycles. The first-order valence-corrected chi connectivity index (χ1v) is 11.5.